The Morgan fingerprint density at radius 2 is 1.89 bits per heavy atom. The Hall–Kier alpha value is -2.45. The molecule has 1 saturated heterocycles. The predicted octanol–water partition coefficient (Wildman–Crippen LogP) is 1.31. The zero-order valence-corrected chi connectivity index (χ0v) is 17.1. The highest BCUT2D eigenvalue weighted by molar-refractivity contribution is 7.89. The average molecular weight is 403 g/mol. The van der Waals surface area contributed by atoms with Gasteiger partial charge in [0.25, 0.3) is 5.91 Å². The van der Waals surface area contributed by atoms with Crippen LogP contribution in [0.4, 0.5) is 5.82 Å². The molecule has 0 saturated carbocycles. The van der Waals surface area contributed by atoms with Crippen molar-refractivity contribution in [2.45, 2.75) is 12.3 Å². The van der Waals surface area contributed by atoms with Gasteiger partial charge in [-0.2, -0.15) is 0 Å². The number of amides is 1. The number of benzene rings is 1. The fourth-order valence-electron chi connectivity index (χ4n) is 3.25. The van der Waals surface area contributed by atoms with E-state index in [-0.39, 0.29) is 11.7 Å². The molecule has 1 aromatic heterocycles. The summed E-state index contributed by atoms with van der Waals surface area (Å²) < 4.78 is 23.0. The molecule has 1 aliphatic heterocycles. The van der Waals surface area contributed by atoms with E-state index in [1.807, 2.05) is 12.1 Å². The number of rotatable bonds is 6. The molecule has 8 heteroatoms. The number of aromatic nitrogens is 1. The van der Waals surface area contributed by atoms with Crippen molar-refractivity contribution in [2.75, 3.05) is 44.4 Å². The van der Waals surface area contributed by atoms with Crippen molar-refractivity contribution in [3.63, 3.8) is 0 Å². The van der Waals surface area contributed by atoms with Gasteiger partial charge in [-0.25, -0.2) is 13.4 Å². The third-order valence-corrected chi connectivity index (χ3v) is 5.59. The third kappa shape index (κ3) is 5.53. The molecule has 1 fully saturated rings. The van der Waals surface area contributed by atoms with Crippen molar-refractivity contribution in [1.29, 1.82) is 0 Å². The molecule has 28 heavy (non-hydrogen) atoms. The summed E-state index contributed by atoms with van der Waals surface area (Å²) in [7, 11) is -1.04. The first-order chi connectivity index (χ1) is 13.3. The molecule has 1 aliphatic rings. The number of sulfone groups is 1. The van der Waals surface area contributed by atoms with E-state index in [2.05, 4.69) is 27.1 Å². The summed E-state index contributed by atoms with van der Waals surface area (Å²) in [5.41, 5.74) is 2.02. The second-order valence-corrected chi connectivity index (χ2v) is 9.37. The van der Waals surface area contributed by atoms with Gasteiger partial charge in [0.1, 0.15) is 5.82 Å². The first-order valence-corrected chi connectivity index (χ1v) is 11.3. The highest BCUT2D eigenvalue weighted by atomic mass is 32.2. The number of piperazine rings is 1. The molecule has 150 valence electrons. The molecule has 1 aromatic carbocycles. The van der Waals surface area contributed by atoms with Crippen LogP contribution in [0.1, 0.15) is 21.5 Å². The number of hydrogen-bond acceptors (Lipinski definition) is 6. The van der Waals surface area contributed by atoms with Crippen LogP contribution in [0.2, 0.25) is 0 Å². The summed E-state index contributed by atoms with van der Waals surface area (Å²) in [5.74, 6) is 0.592. The number of nitrogens with one attached hydrogen (secondary N) is 1. The highest BCUT2D eigenvalue weighted by Crippen LogP contribution is 2.19. The predicted molar refractivity (Wildman–Crippen MR) is 110 cm³/mol. The Kier molecular flexibility index (Phi) is 6.31. The van der Waals surface area contributed by atoms with Crippen LogP contribution in [0.15, 0.2) is 42.6 Å². The van der Waals surface area contributed by atoms with Crippen molar-refractivity contribution in [3.05, 3.63) is 59.3 Å². The molecule has 0 radical (unpaired) electrons. The summed E-state index contributed by atoms with van der Waals surface area (Å²) in [5, 5.41) is 2.93. The number of carbonyl (C=O) groups excluding carboxylic acids is 1. The second-order valence-electron chi connectivity index (χ2n) is 7.23. The Morgan fingerprint density at radius 1 is 1.14 bits per heavy atom. The molecule has 0 spiro atoms. The summed E-state index contributed by atoms with van der Waals surface area (Å²) in [4.78, 5) is 21.6. The molecule has 7 nitrogen and oxygen atoms in total. The smallest absolute Gasteiger partial charge is 0.251 e. The summed E-state index contributed by atoms with van der Waals surface area (Å²) in [6, 6.07) is 10.6. The van der Waals surface area contributed by atoms with Crippen LogP contribution >= 0.6 is 0 Å². The zero-order chi connectivity index (χ0) is 20.1. The number of pyridine rings is 1. The van der Waals surface area contributed by atoms with Crippen LogP contribution in [-0.4, -0.2) is 63.7 Å². The Morgan fingerprint density at radius 3 is 2.61 bits per heavy atom. The van der Waals surface area contributed by atoms with E-state index >= 15 is 0 Å². The first kappa shape index (κ1) is 20.3. The molecule has 0 aliphatic carbocycles. The van der Waals surface area contributed by atoms with Crippen LogP contribution in [0, 0.1) is 0 Å². The maximum atomic E-state index is 12.6. The highest BCUT2D eigenvalue weighted by Gasteiger charge is 2.18. The van der Waals surface area contributed by atoms with Crippen LogP contribution < -0.4 is 10.2 Å². The molecule has 2 aromatic rings. The molecular weight excluding hydrogens is 376 g/mol. The molecule has 1 amide bonds. The largest absolute Gasteiger partial charge is 0.354 e. The lowest BCUT2D eigenvalue weighted by Gasteiger charge is -2.34. The minimum atomic E-state index is -3.15. The van der Waals surface area contributed by atoms with E-state index in [4.69, 9.17) is 0 Å². The van der Waals surface area contributed by atoms with Gasteiger partial charge < -0.3 is 15.1 Å². The number of hydrogen-bond donors (Lipinski definition) is 1. The maximum absolute atomic E-state index is 12.6. The fraction of sp³-hybridized carbons (Fsp3) is 0.400. The van der Waals surface area contributed by atoms with E-state index < -0.39 is 9.84 Å². The molecule has 1 N–H and O–H groups in total. The molecule has 2 heterocycles. The van der Waals surface area contributed by atoms with Crippen LogP contribution in [0.3, 0.4) is 0 Å². The SMILES string of the molecule is CN1CCN(c2ncccc2CNC(=O)c2cccc(CS(C)(=O)=O)c2)CC1. The quantitative estimate of drug-likeness (QED) is 0.785. The van der Waals surface area contributed by atoms with Crippen molar-refractivity contribution < 1.29 is 13.2 Å². The third-order valence-electron chi connectivity index (χ3n) is 4.73. The average Bonchev–Trinajstić information content (AvgIpc) is 2.66. The van der Waals surface area contributed by atoms with Crippen LogP contribution in [-0.2, 0) is 22.1 Å². The van der Waals surface area contributed by atoms with Crippen LogP contribution in [0.5, 0.6) is 0 Å². The Bertz CT molecular complexity index is 938. The fourth-order valence-corrected chi connectivity index (χ4v) is 4.04. The van der Waals surface area contributed by atoms with Crippen molar-refractivity contribution >= 4 is 21.6 Å². The summed E-state index contributed by atoms with van der Waals surface area (Å²) >= 11 is 0. The standard InChI is InChI=1S/C20H26N4O3S/c1-23-9-11-24(12-10-23)19-18(7-4-8-21-19)14-22-20(25)17-6-3-5-16(13-17)15-28(2,26)27/h3-8,13H,9-12,14-15H2,1-2H3,(H,22,25). The van der Waals surface area contributed by atoms with Crippen molar-refractivity contribution in [3.8, 4) is 0 Å². The van der Waals surface area contributed by atoms with E-state index in [0.29, 0.717) is 17.7 Å². The van der Waals surface area contributed by atoms with Crippen LogP contribution in [0.25, 0.3) is 0 Å². The van der Waals surface area contributed by atoms with Gasteiger partial charge in [0, 0.05) is 56.3 Å². The summed E-state index contributed by atoms with van der Waals surface area (Å²) in [6.45, 7) is 4.14. The topological polar surface area (TPSA) is 82.6 Å². The molecule has 0 unspecified atom stereocenters. The van der Waals surface area contributed by atoms with Gasteiger partial charge in [0.15, 0.2) is 9.84 Å². The van der Waals surface area contributed by atoms with Gasteiger partial charge in [-0.1, -0.05) is 18.2 Å². The monoisotopic (exact) mass is 402 g/mol. The maximum Gasteiger partial charge on any atom is 0.251 e. The molecule has 0 bridgehead atoms. The normalized spacial score (nSPS) is 15.4. The molecule has 3 rings (SSSR count). The molecular formula is C20H26N4O3S. The first-order valence-electron chi connectivity index (χ1n) is 9.24. The lowest BCUT2D eigenvalue weighted by Crippen LogP contribution is -2.45. The number of nitrogens with zero attached hydrogens (tertiary/aromatic N) is 3. The Labute approximate surface area is 166 Å². The second kappa shape index (κ2) is 8.70. The van der Waals surface area contributed by atoms with Gasteiger partial charge in [0.05, 0.1) is 5.75 Å². The minimum absolute atomic E-state index is 0.0791. The van der Waals surface area contributed by atoms with E-state index in [1.165, 1.54) is 6.26 Å². The number of anilines is 1. The van der Waals surface area contributed by atoms with E-state index in [9.17, 15) is 13.2 Å². The summed E-state index contributed by atoms with van der Waals surface area (Å²) in [6.07, 6.45) is 2.95. The minimum Gasteiger partial charge on any atom is -0.354 e. The Balaban J connectivity index is 1.68. The van der Waals surface area contributed by atoms with Crippen molar-refractivity contribution in [1.82, 2.24) is 15.2 Å². The van der Waals surface area contributed by atoms with Gasteiger partial charge in [-0.3, -0.25) is 4.79 Å². The van der Waals surface area contributed by atoms with Gasteiger partial charge in [-0.05, 0) is 30.8 Å². The van der Waals surface area contributed by atoms with Gasteiger partial charge in [0.2, 0.25) is 0 Å². The van der Waals surface area contributed by atoms with E-state index in [1.54, 1.807) is 30.5 Å². The number of likely N-dealkylation sites (N-methyl/N-ethyl adjacent to an activating group) is 1. The molecule has 0 atom stereocenters. The van der Waals surface area contributed by atoms with Crippen molar-refractivity contribution in [2.24, 2.45) is 0 Å². The number of carbonyl (C=O) groups is 1. The lowest BCUT2D eigenvalue weighted by molar-refractivity contribution is 0.0951. The van der Waals surface area contributed by atoms with Gasteiger partial charge >= 0.3 is 0 Å². The zero-order valence-electron chi connectivity index (χ0n) is 16.3. The lowest BCUT2D eigenvalue weighted by atomic mass is 10.1. The van der Waals surface area contributed by atoms with Gasteiger partial charge in [-0.15, -0.1) is 0 Å². The van der Waals surface area contributed by atoms with E-state index in [0.717, 1.165) is 37.6 Å².